The van der Waals surface area contributed by atoms with E-state index < -0.39 is 5.91 Å². The molecule has 7 heteroatoms. The molecule has 2 amide bonds. The van der Waals surface area contributed by atoms with E-state index in [1.54, 1.807) is 67.7 Å². The Morgan fingerprint density at radius 1 is 1.11 bits per heavy atom. The van der Waals surface area contributed by atoms with Gasteiger partial charge in [-0.2, -0.15) is 5.26 Å². The molecule has 1 aromatic heterocycles. The quantitative estimate of drug-likeness (QED) is 0.671. The van der Waals surface area contributed by atoms with E-state index in [0.717, 1.165) is 0 Å². The SMILES string of the molecule is CN(C(=O)c1cccc(NC(=O)c2ccc(Br)o2)c1)c1ccc(C#N)cc1. The van der Waals surface area contributed by atoms with Crippen molar-refractivity contribution in [2.45, 2.75) is 0 Å². The molecule has 2 aromatic carbocycles. The molecule has 0 saturated carbocycles. The molecule has 6 nitrogen and oxygen atoms in total. The first kappa shape index (κ1) is 18.4. The Balaban J connectivity index is 1.76. The molecule has 0 spiro atoms. The topological polar surface area (TPSA) is 86.3 Å². The molecular formula is C20H14BrN3O3. The van der Waals surface area contributed by atoms with E-state index in [-0.39, 0.29) is 11.7 Å². The van der Waals surface area contributed by atoms with E-state index in [1.165, 1.54) is 4.90 Å². The highest BCUT2D eigenvalue weighted by Gasteiger charge is 2.15. The Morgan fingerprint density at radius 3 is 2.48 bits per heavy atom. The summed E-state index contributed by atoms with van der Waals surface area (Å²) in [4.78, 5) is 26.4. The molecule has 0 aliphatic rings. The van der Waals surface area contributed by atoms with Crippen molar-refractivity contribution in [3.05, 3.63) is 82.2 Å². The van der Waals surface area contributed by atoms with Crippen LogP contribution in [-0.4, -0.2) is 18.9 Å². The Bertz CT molecular complexity index is 1040. The van der Waals surface area contributed by atoms with Crippen LogP contribution in [0.5, 0.6) is 0 Å². The van der Waals surface area contributed by atoms with Crippen LogP contribution in [0, 0.1) is 11.3 Å². The minimum Gasteiger partial charge on any atom is -0.444 e. The van der Waals surface area contributed by atoms with Crippen LogP contribution in [0.1, 0.15) is 26.5 Å². The van der Waals surface area contributed by atoms with Crippen molar-refractivity contribution in [1.82, 2.24) is 0 Å². The van der Waals surface area contributed by atoms with Crippen LogP contribution in [0.15, 0.2) is 69.8 Å². The predicted molar refractivity (Wildman–Crippen MR) is 105 cm³/mol. The summed E-state index contributed by atoms with van der Waals surface area (Å²) in [7, 11) is 1.65. The number of carbonyl (C=O) groups excluding carboxylic acids is 2. The maximum Gasteiger partial charge on any atom is 0.291 e. The first-order chi connectivity index (χ1) is 13.0. The van der Waals surface area contributed by atoms with Gasteiger partial charge in [-0.15, -0.1) is 0 Å². The fourth-order valence-electron chi connectivity index (χ4n) is 2.43. The summed E-state index contributed by atoms with van der Waals surface area (Å²) in [5.41, 5.74) is 2.08. The number of nitriles is 1. The van der Waals surface area contributed by atoms with Crippen LogP contribution in [-0.2, 0) is 0 Å². The summed E-state index contributed by atoms with van der Waals surface area (Å²) in [5, 5.41) is 11.6. The van der Waals surface area contributed by atoms with Crippen LogP contribution >= 0.6 is 15.9 Å². The number of nitrogens with zero attached hydrogens (tertiary/aromatic N) is 2. The highest BCUT2D eigenvalue weighted by atomic mass is 79.9. The van der Waals surface area contributed by atoms with E-state index in [9.17, 15) is 9.59 Å². The lowest BCUT2D eigenvalue weighted by atomic mass is 10.1. The van der Waals surface area contributed by atoms with Gasteiger partial charge in [-0.3, -0.25) is 9.59 Å². The van der Waals surface area contributed by atoms with Gasteiger partial charge >= 0.3 is 0 Å². The van der Waals surface area contributed by atoms with Crippen LogP contribution in [0.25, 0.3) is 0 Å². The smallest absolute Gasteiger partial charge is 0.291 e. The Kier molecular flexibility index (Phi) is 5.38. The predicted octanol–water partition coefficient (Wildman–Crippen LogP) is 4.44. The second kappa shape index (κ2) is 7.89. The number of furan rings is 1. The normalized spacial score (nSPS) is 10.1. The van der Waals surface area contributed by atoms with Crippen molar-refractivity contribution in [3.8, 4) is 6.07 Å². The lowest BCUT2D eigenvalue weighted by Crippen LogP contribution is -2.26. The third-order valence-electron chi connectivity index (χ3n) is 3.85. The molecule has 1 N–H and O–H groups in total. The molecule has 27 heavy (non-hydrogen) atoms. The molecule has 0 aliphatic carbocycles. The standard InChI is InChI=1S/C20H14BrN3O3/c1-24(16-7-5-13(12-22)6-8-16)20(26)14-3-2-4-15(11-14)23-19(25)17-9-10-18(21)27-17/h2-11H,1H3,(H,23,25). The Hall–Kier alpha value is -3.37. The number of nitrogens with one attached hydrogen (secondary N) is 1. The molecule has 3 rings (SSSR count). The number of benzene rings is 2. The monoisotopic (exact) mass is 423 g/mol. The molecule has 0 fully saturated rings. The van der Waals surface area contributed by atoms with Gasteiger partial charge in [0.15, 0.2) is 10.4 Å². The molecule has 0 atom stereocenters. The summed E-state index contributed by atoms with van der Waals surface area (Å²) in [6, 6.07) is 18.6. The number of carbonyl (C=O) groups is 2. The van der Waals surface area contributed by atoms with Crippen LogP contribution in [0.4, 0.5) is 11.4 Å². The summed E-state index contributed by atoms with van der Waals surface area (Å²) < 4.78 is 5.68. The van der Waals surface area contributed by atoms with Crippen molar-refractivity contribution in [3.63, 3.8) is 0 Å². The van der Waals surface area contributed by atoms with Gasteiger partial charge in [-0.1, -0.05) is 6.07 Å². The maximum atomic E-state index is 12.7. The Labute approximate surface area is 164 Å². The third kappa shape index (κ3) is 4.25. The second-order valence-corrected chi connectivity index (χ2v) is 6.44. The molecular weight excluding hydrogens is 410 g/mol. The number of halogens is 1. The zero-order valence-corrected chi connectivity index (χ0v) is 15.9. The van der Waals surface area contributed by atoms with Gasteiger partial charge in [0.2, 0.25) is 0 Å². The average molecular weight is 424 g/mol. The lowest BCUT2D eigenvalue weighted by molar-refractivity contribution is 0.0984. The van der Waals surface area contributed by atoms with Crippen molar-refractivity contribution in [1.29, 1.82) is 5.26 Å². The summed E-state index contributed by atoms with van der Waals surface area (Å²) >= 11 is 3.15. The number of amides is 2. The molecule has 0 bridgehead atoms. The molecule has 0 unspecified atom stereocenters. The van der Waals surface area contributed by atoms with Gasteiger partial charge in [0.25, 0.3) is 11.8 Å². The number of anilines is 2. The molecule has 3 aromatic rings. The average Bonchev–Trinajstić information content (AvgIpc) is 3.13. The van der Waals surface area contributed by atoms with E-state index in [1.807, 2.05) is 6.07 Å². The maximum absolute atomic E-state index is 12.7. The summed E-state index contributed by atoms with van der Waals surface area (Å²) in [5.74, 6) is -0.490. The van der Waals surface area contributed by atoms with E-state index in [2.05, 4.69) is 21.2 Å². The fraction of sp³-hybridized carbons (Fsp3) is 0.0500. The van der Waals surface area contributed by atoms with E-state index >= 15 is 0 Å². The van der Waals surface area contributed by atoms with Gasteiger partial charge in [-0.05, 0) is 70.5 Å². The van der Waals surface area contributed by atoms with Crippen LogP contribution < -0.4 is 10.2 Å². The summed E-state index contributed by atoms with van der Waals surface area (Å²) in [6.07, 6.45) is 0. The molecule has 0 saturated heterocycles. The molecule has 0 aliphatic heterocycles. The number of rotatable bonds is 4. The van der Waals surface area contributed by atoms with Crippen LogP contribution in [0.3, 0.4) is 0 Å². The van der Waals surface area contributed by atoms with Gasteiger partial charge in [0, 0.05) is 24.0 Å². The van der Waals surface area contributed by atoms with Gasteiger partial charge in [0.1, 0.15) is 0 Å². The highest BCUT2D eigenvalue weighted by Crippen LogP contribution is 2.20. The van der Waals surface area contributed by atoms with Crippen molar-refractivity contribution < 1.29 is 14.0 Å². The van der Waals surface area contributed by atoms with Gasteiger partial charge in [-0.25, -0.2) is 0 Å². The fourth-order valence-corrected chi connectivity index (χ4v) is 2.74. The Morgan fingerprint density at radius 2 is 1.85 bits per heavy atom. The van der Waals surface area contributed by atoms with E-state index in [4.69, 9.17) is 9.68 Å². The van der Waals surface area contributed by atoms with Gasteiger partial charge < -0.3 is 14.6 Å². The van der Waals surface area contributed by atoms with E-state index in [0.29, 0.717) is 27.2 Å². The zero-order valence-electron chi connectivity index (χ0n) is 14.3. The minimum absolute atomic E-state index is 0.160. The lowest BCUT2D eigenvalue weighted by Gasteiger charge is -2.18. The number of hydrogen-bond acceptors (Lipinski definition) is 4. The van der Waals surface area contributed by atoms with Crippen molar-refractivity contribution in [2.24, 2.45) is 0 Å². The van der Waals surface area contributed by atoms with Crippen molar-refractivity contribution >= 4 is 39.1 Å². The van der Waals surface area contributed by atoms with Crippen LogP contribution in [0.2, 0.25) is 0 Å². The largest absolute Gasteiger partial charge is 0.444 e. The number of hydrogen-bond donors (Lipinski definition) is 1. The van der Waals surface area contributed by atoms with Crippen molar-refractivity contribution in [2.75, 3.05) is 17.3 Å². The second-order valence-electron chi connectivity index (χ2n) is 5.66. The minimum atomic E-state index is -0.411. The molecule has 0 radical (unpaired) electrons. The first-order valence-corrected chi connectivity index (χ1v) is 8.72. The summed E-state index contributed by atoms with van der Waals surface area (Å²) in [6.45, 7) is 0. The molecule has 1 heterocycles. The molecule has 134 valence electrons. The zero-order chi connectivity index (χ0) is 19.4. The first-order valence-electron chi connectivity index (χ1n) is 7.93. The van der Waals surface area contributed by atoms with Gasteiger partial charge in [0.05, 0.1) is 11.6 Å². The highest BCUT2D eigenvalue weighted by molar-refractivity contribution is 9.10. The third-order valence-corrected chi connectivity index (χ3v) is 4.28.